The first kappa shape index (κ1) is 10.1. The molecule has 2 heterocycles. The zero-order valence-corrected chi connectivity index (χ0v) is 9.75. The first-order valence-corrected chi connectivity index (χ1v) is 5.57. The molecular weight excluding hydrogens is 210 g/mol. The lowest BCUT2D eigenvalue weighted by Crippen LogP contribution is -2.11. The lowest BCUT2D eigenvalue weighted by atomic mass is 10.3. The van der Waals surface area contributed by atoms with Crippen LogP contribution in [-0.4, -0.2) is 19.7 Å². The largest absolute Gasteiger partial charge is 0.352 e. The molecule has 6 heteroatoms. The van der Waals surface area contributed by atoms with Crippen molar-refractivity contribution >= 4 is 16.5 Å². The molecular formula is C9H13N5S. The number of nitrogens with one attached hydrogen (secondary N) is 1. The lowest BCUT2D eigenvalue weighted by molar-refractivity contribution is 0.718. The van der Waals surface area contributed by atoms with E-state index in [-0.39, 0.29) is 6.04 Å². The number of nitrogens with zero attached hydrogens (tertiary/aromatic N) is 4. The van der Waals surface area contributed by atoms with Crippen LogP contribution in [0.15, 0.2) is 11.7 Å². The quantitative estimate of drug-likeness (QED) is 0.861. The maximum Gasteiger partial charge on any atom is 0.183 e. The predicted octanol–water partition coefficient (Wildman–Crippen LogP) is 1.75. The van der Waals surface area contributed by atoms with Crippen molar-refractivity contribution in [3.8, 4) is 0 Å². The summed E-state index contributed by atoms with van der Waals surface area (Å²) in [5.41, 5.74) is 1.03. The number of rotatable bonds is 3. The summed E-state index contributed by atoms with van der Waals surface area (Å²) in [6.07, 6.45) is 1.70. The predicted molar refractivity (Wildman–Crippen MR) is 59.9 cm³/mol. The Hall–Kier alpha value is -1.43. The van der Waals surface area contributed by atoms with Crippen LogP contribution in [0, 0.1) is 6.92 Å². The Morgan fingerprint density at radius 2 is 2.33 bits per heavy atom. The molecule has 1 N–H and O–H groups in total. The van der Waals surface area contributed by atoms with Gasteiger partial charge in [-0.3, -0.25) is 0 Å². The van der Waals surface area contributed by atoms with Gasteiger partial charge in [-0.05, 0) is 13.8 Å². The summed E-state index contributed by atoms with van der Waals surface area (Å²) < 4.78 is 1.90. The average molecular weight is 223 g/mol. The fourth-order valence-corrected chi connectivity index (χ4v) is 2.13. The number of hydrogen-bond acceptors (Lipinski definition) is 5. The second-order valence-electron chi connectivity index (χ2n) is 3.46. The molecule has 80 valence electrons. The summed E-state index contributed by atoms with van der Waals surface area (Å²) in [6, 6.07) is 0.114. The fourth-order valence-electron chi connectivity index (χ4n) is 1.35. The van der Waals surface area contributed by atoms with Gasteiger partial charge >= 0.3 is 0 Å². The van der Waals surface area contributed by atoms with E-state index in [4.69, 9.17) is 0 Å². The standard InChI is InChI=1S/C9H13N5S/c1-6-4-15-9(11-6)12-7(2)8-13-10-5-14(8)3/h4-5,7H,1-3H3,(H,11,12). The highest BCUT2D eigenvalue weighted by atomic mass is 32.1. The second kappa shape index (κ2) is 3.98. The molecule has 1 atom stereocenters. The van der Waals surface area contributed by atoms with Gasteiger partial charge in [0.1, 0.15) is 6.33 Å². The van der Waals surface area contributed by atoms with E-state index >= 15 is 0 Å². The Morgan fingerprint density at radius 3 is 2.87 bits per heavy atom. The molecule has 0 aliphatic heterocycles. The molecule has 0 saturated carbocycles. The Kier molecular flexibility index (Phi) is 2.68. The van der Waals surface area contributed by atoms with E-state index in [1.54, 1.807) is 17.7 Å². The molecule has 0 aliphatic carbocycles. The summed E-state index contributed by atoms with van der Waals surface area (Å²) in [6.45, 7) is 4.02. The van der Waals surface area contributed by atoms with Crippen LogP contribution in [0.25, 0.3) is 0 Å². The van der Waals surface area contributed by atoms with Crippen molar-refractivity contribution in [2.75, 3.05) is 5.32 Å². The van der Waals surface area contributed by atoms with Crippen molar-refractivity contribution in [1.82, 2.24) is 19.7 Å². The highest BCUT2D eigenvalue weighted by molar-refractivity contribution is 7.13. The molecule has 15 heavy (non-hydrogen) atoms. The van der Waals surface area contributed by atoms with Gasteiger partial charge in [0.25, 0.3) is 0 Å². The third-order valence-corrected chi connectivity index (χ3v) is 2.98. The first-order valence-electron chi connectivity index (χ1n) is 4.69. The van der Waals surface area contributed by atoms with Crippen LogP contribution < -0.4 is 5.32 Å². The minimum absolute atomic E-state index is 0.114. The molecule has 1 unspecified atom stereocenters. The van der Waals surface area contributed by atoms with E-state index in [0.29, 0.717) is 0 Å². The van der Waals surface area contributed by atoms with Gasteiger partial charge in [0.05, 0.1) is 11.7 Å². The minimum Gasteiger partial charge on any atom is -0.352 e. The summed E-state index contributed by atoms with van der Waals surface area (Å²) in [5.74, 6) is 0.905. The number of aryl methyl sites for hydroxylation is 2. The molecule has 0 amide bonds. The molecule has 0 aromatic carbocycles. The molecule has 5 nitrogen and oxygen atoms in total. The van der Waals surface area contributed by atoms with Crippen molar-refractivity contribution in [1.29, 1.82) is 0 Å². The van der Waals surface area contributed by atoms with Crippen LogP contribution in [-0.2, 0) is 7.05 Å². The van der Waals surface area contributed by atoms with Gasteiger partial charge in [-0.2, -0.15) is 0 Å². The van der Waals surface area contributed by atoms with E-state index in [1.165, 1.54) is 0 Å². The Balaban J connectivity index is 2.10. The molecule has 0 saturated heterocycles. The molecule has 0 spiro atoms. The normalized spacial score (nSPS) is 12.7. The molecule has 0 radical (unpaired) electrons. The maximum atomic E-state index is 4.34. The van der Waals surface area contributed by atoms with Gasteiger partial charge < -0.3 is 9.88 Å². The number of thiazole rings is 1. The Bertz CT molecular complexity index is 447. The molecule has 0 aliphatic rings. The lowest BCUT2D eigenvalue weighted by Gasteiger charge is -2.11. The summed E-state index contributed by atoms with van der Waals surface area (Å²) in [7, 11) is 1.93. The van der Waals surface area contributed by atoms with E-state index in [9.17, 15) is 0 Å². The molecule has 2 aromatic heterocycles. The van der Waals surface area contributed by atoms with Crippen LogP contribution >= 0.6 is 11.3 Å². The monoisotopic (exact) mass is 223 g/mol. The molecule has 2 rings (SSSR count). The fraction of sp³-hybridized carbons (Fsp3) is 0.444. The summed E-state index contributed by atoms with van der Waals surface area (Å²) >= 11 is 1.60. The number of hydrogen-bond donors (Lipinski definition) is 1. The van der Waals surface area contributed by atoms with E-state index in [1.807, 2.05) is 30.8 Å². The van der Waals surface area contributed by atoms with Crippen LogP contribution in [0.4, 0.5) is 5.13 Å². The summed E-state index contributed by atoms with van der Waals surface area (Å²) in [5, 5.41) is 14.1. The number of aromatic nitrogens is 4. The minimum atomic E-state index is 0.114. The van der Waals surface area contributed by atoms with Crippen LogP contribution in [0.5, 0.6) is 0 Å². The Labute approximate surface area is 92.2 Å². The first-order chi connectivity index (χ1) is 7.16. The smallest absolute Gasteiger partial charge is 0.183 e. The van der Waals surface area contributed by atoms with E-state index < -0.39 is 0 Å². The van der Waals surface area contributed by atoms with Gasteiger partial charge in [0.15, 0.2) is 11.0 Å². The summed E-state index contributed by atoms with van der Waals surface area (Å²) in [4.78, 5) is 4.34. The maximum absolute atomic E-state index is 4.34. The number of anilines is 1. The van der Waals surface area contributed by atoms with Gasteiger partial charge in [-0.15, -0.1) is 21.5 Å². The Morgan fingerprint density at radius 1 is 1.53 bits per heavy atom. The topological polar surface area (TPSA) is 55.6 Å². The highest BCUT2D eigenvalue weighted by Gasteiger charge is 2.12. The van der Waals surface area contributed by atoms with Gasteiger partial charge in [0.2, 0.25) is 0 Å². The average Bonchev–Trinajstić information content (AvgIpc) is 2.75. The van der Waals surface area contributed by atoms with Crippen molar-refractivity contribution in [3.05, 3.63) is 23.2 Å². The van der Waals surface area contributed by atoms with Crippen molar-refractivity contribution in [2.24, 2.45) is 7.05 Å². The van der Waals surface area contributed by atoms with Crippen molar-refractivity contribution in [3.63, 3.8) is 0 Å². The molecule has 0 fully saturated rings. The van der Waals surface area contributed by atoms with Gasteiger partial charge in [0, 0.05) is 12.4 Å². The SMILES string of the molecule is Cc1csc(NC(C)c2nncn2C)n1. The van der Waals surface area contributed by atoms with Gasteiger partial charge in [-0.25, -0.2) is 4.98 Å². The molecule has 0 bridgehead atoms. The van der Waals surface area contributed by atoms with E-state index in [0.717, 1.165) is 16.6 Å². The van der Waals surface area contributed by atoms with Gasteiger partial charge in [-0.1, -0.05) is 0 Å². The third kappa shape index (κ3) is 2.15. The second-order valence-corrected chi connectivity index (χ2v) is 4.32. The van der Waals surface area contributed by atoms with Crippen LogP contribution in [0.3, 0.4) is 0 Å². The van der Waals surface area contributed by atoms with E-state index in [2.05, 4.69) is 20.5 Å². The van der Waals surface area contributed by atoms with Crippen molar-refractivity contribution < 1.29 is 0 Å². The zero-order valence-electron chi connectivity index (χ0n) is 8.93. The van der Waals surface area contributed by atoms with Crippen molar-refractivity contribution in [2.45, 2.75) is 19.9 Å². The van der Waals surface area contributed by atoms with Crippen LogP contribution in [0.1, 0.15) is 24.5 Å². The molecule has 2 aromatic rings. The zero-order chi connectivity index (χ0) is 10.8. The highest BCUT2D eigenvalue weighted by Crippen LogP contribution is 2.20. The third-order valence-electron chi connectivity index (χ3n) is 2.09. The van der Waals surface area contributed by atoms with Crippen LogP contribution in [0.2, 0.25) is 0 Å².